The normalized spacial score (nSPS) is 18.2. The Morgan fingerprint density at radius 3 is 2.41 bits per heavy atom. The number of morpholine rings is 1. The van der Waals surface area contributed by atoms with Crippen LogP contribution in [0.4, 0.5) is 4.39 Å². The Morgan fingerprint density at radius 2 is 1.67 bits per heavy atom. The second-order valence-corrected chi connectivity index (χ2v) is 7.00. The highest BCUT2D eigenvalue weighted by molar-refractivity contribution is 5.67. The maximum atomic E-state index is 13.4. The topological polar surface area (TPSA) is 21.3 Å². The highest BCUT2D eigenvalue weighted by Crippen LogP contribution is 2.32. The van der Waals surface area contributed by atoms with Crippen LogP contribution in [0, 0.1) is 5.82 Å². The molecule has 0 amide bonds. The maximum Gasteiger partial charge on any atom is 0.123 e. The Labute approximate surface area is 160 Å². The predicted octanol–water partition coefficient (Wildman–Crippen LogP) is 4.81. The molecule has 3 aromatic carbocycles. The summed E-state index contributed by atoms with van der Waals surface area (Å²) >= 11 is 0. The van der Waals surface area contributed by atoms with Gasteiger partial charge in [-0.15, -0.1) is 0 Å². The van der Waals surface area contributed by atoms with Gasteiger partial charge in [0.1, 0.15) is 5.82 Å². The molecule has 27 heavy (non-hydrogen) atoms. The molecule has 1 aliphatic heterocycles. The SMILES string of the molecule is Fc1ccc(-c2ccccc2CC(c2ccccc2)C2CNCCO2)cc1. The molecule has 3 aromatic rings. The van der Waals surface area contributed by atoms with Crippen LogP contribution in [-0.4, -0.2) is 25.8 Å². The first kappa shape index (κ1) is 17.9. The van der Waals surface area contributed by atoms with Crippen LogP contribution >= 0.6 is 0 Å². The fourth-order valence-electron chi connectivity index (χ4n) is 3.85. The van der Waals surface area contributed by atoms with Crippen LogP contribution in [0.2, 0.25) is 0 Å². The van der Waals surface area contributed by atoms with Crippen molar-refractivity contribution in [3.63, 3.8) is 0 Å². The third-order valence-electron chi connectivity index (χ3n) is 5.25. The van der Waals surface area contributed by atoms with Gasteiger partial charge in [-0.2, -0.15) is 0 Å². The molecule has 0 bridgehead atoms. The van der Waals surface area contributed by atoms with E-state index < -0.39 is 0 Å². The summed E-state index contributed by atoms with van der Waals surface area (Å²) in [6, 6.07) is 25.7. The fraction of sp³-hybridized carbons (Fsp3) is 0.250. The van der Waals surface area contributed by atoms with E-state index in [0.29, 0.717) is 0 Å². The smallest absolute Gasteiger partial charge is 0.123 e. The number of nitrogens with one attached hydrogen (secondary N) is 1. The van der Waals surface area contributed by atoms with Crippen molar-refractivity contribution in [2.75, 3.05) is 19.7 Å². The lowest BCUT2D eigenvalue weighted by Crippen LogP contribution is -2.42. The van der Waals surface area contributed by atoms with Crippen LogP contribution in [-0.2, 0) is 11.2 Å². The molecule has 1 fully saturated rings. The summed E-state index contributed by atoms with van der Waals surface area (Å²) in [6.45, 7) is 2.51. The van der Waals surface area contributed by atoms with Gasteiger partial charge >= 0.3 is 0 Å². The highest BCUT2D eigenvalue weighted by atomic mass is 19.1. The van der Waals surface area contributed by atoms with Gasteiger partial charge in [0.05, 0.1) is 12.7 Å². The van der Waals surface area contributed by atoms with Crippen molar-refractivity contribution >= 4 is 0 Å². The fourth-order valence-corrected chi connectivity index (χ4v) is 3.85. The van der Waals surface area contributed by atoms with Crippen LogP contribution in [0.25, 0.3) is 11.1 Å². The summed E-state index contributed by atoms with van der Waals surface area (Å²) in [5, 5.41) is 3.46. The van der Waals surface area contributed by atoms with Gasteiger partial charge in [0, 0.05) is 19.0 Å². The summed E-state index contributed by atoms with van der Waals surface area (Å²) in [6.07, 6.45) is 1.02. The molecule has 1 aliphatic rings. The molecule has 0 aromatic heterocycles. The first-order valence-electron chi connectivity index (χ1n) is 9.52. The highest BCUT2D eigenvalue weighted by Gasteiger charge is 2.27. The van der Waals surface area contributed by atoms with Crippen molar-refractivity contribution < 1.29 is 9.13 Å². The Balaban J connectivity index is 1.68. The van der Waals surface area contributed by atoms with Crippen molar-refractivity contribution in [3.8, 4) is 11.1 Å². The lowest BCUT2D eigenvalue weighted by Gasteiger charge is -2.32. The zero-order valence-corrected chi connectivity index (χ0v) is 15.3. The van der Waals surface area contributed by atoms with Crippen molar-refractivity contribution in [2.45, 2.75) is 18.4 Å². The third-order valence-corrected chi connectivity index (χ3v) is 5.25. The molecule has 0 saturated carbocycles. The number of ether oxygens (including phenoxy) is 1. The van der Waals surface area contributed by atoms with E-state index in [2.05, 4.69) is 47.8 Å². The van der Waals surface area contributed by atoms with E-state index in [4.69, 9.17) is 4.74 Å². The number of hydrogen-bond donors (Lipinski definition) is 1. The molecule has 0 radical (unpaired) electrons. The average molecular weight is 361 g/mol. The quantitative estimate of drug-likeness (QED) is 0.704. The first-order chi connectivity index (χ1) is 13.3. The molecular formula is C24H24FNO. The van der Waals surface area contributed by atoms with Crippen LogP contribution < -0.4 is 5.32 Å². The zero-order chi connectivity index (χ0) is 18.5. The average Bonchev–Trinajstić information content (AvgIpc) is 2.74. The molecule has 2 atom stereocenters. The van der Waals surface area contributed by atoms with E-state index in [9.17, 15) is 4.39 Å². The molecular weight excluding hydrogens is 337 g/mol. The summed E-state index contributed by atoms with van der Waals surface area (Å²) in [4.78, 5) is 0. The Bertz CT molecular complexity index is 857. The lowest BCUT2D eigenvalue weighted by atomic mass is 9.84. The molecule has 4 rings (SSSR count). The van der Waals surface area contributed by atoms with Crippen LogP contribution in [0.1, 0.15) is 17.0 Å². The van der Waals surface area contributed by atoms with Gasteiger partial charge in [-0.25, -0.2) is 4.39 Å². The van der Waals surface area contributed by atoms with E-state index >= 15 is 0 Å². The van der Waals surface area contributed by atoms with Gasteiger partial charge in [-0.3, -0.25) is 0 Å². The molecule has 3 heteroatoms. The van der Waals surface area contributed by atoms with Crippen LogP contribution in [0.15, 0.2) is 78.9 Å². The summed E-state index contributed by atoms with van der Waals surface area (Å²) < 4.78 is 19.5. The summed E-state index contributed by atoms with van der Waals surface area (Å²) in [5.74, 6) is 0.0562. The second kappa shape index (κ2) is 8.47. The molecule has 138 valence electrons. The minimum absolute atomic E-state index is 0.141. The van der Waals surface area contributed by atoms with E-state index in [1.165, 1.54) is 23.3 Å². The number of rotatable bonds is 5. The molecule has 2 unspecified atom stereocenters. The Morgan fingerprint density at radius 1 is 0.926 bits per heavy atom. The number of hydrogen-bond acceptors (Lipinski definition) is 2. The molecule has 0 aliphatic carbocycles. The van der Waals surface area contributed by atoms with E-state index in [1.54, 1.807) is 0 Å². The number of halogens is 1. The molecule has 1 N–H and O–H groups in total. The minimum atomic E-state index is -0.208. The largest absolute Gasteiger partial charge is 0.375 e. The molecule has 2 nitrogen and oxygen atoms in total. The third kappa shape index (κ3) is 4.26. The van der Waals surface area contributed by atoms with Crippen molar-refractivity contribution in [2.24, 2.45) is 0 Å². The van der Waals surface area contributed by atoms with Gasteiger partial charge in [-0.1, -0.05) is 66.7 Å². The van der Waals surface area contributed by atoms with Gasteiger partial charge < -0.3 is 10.1 Å². The summed E-state index contributed by atoms with van der Waals surface area (Å²) in [5.41, 5.74) is 4.75. The van der Waals surface area contributed by atoms with E-state index in [1.807, 2.05) is 24.3 Å². The Hall–Kier alpha value is -2.49. The van der Waals surface area contributed by atoms with Crippen molar-refractivity contribution in [3.05, 3.63) is 95.8 Å². The lowest BCUT2D eigenvalue weighted by molar-refractivity contribution is 0.0110. The standard InChI is InChI=1S/C24H24FNO/c25-21-12-10-19(11-13-21)22-9-5-4-8-20(22)16-23(18-6-2-1-3-7-18)24-17-26-14-15-27-24/h1-13,23-24,26H,14-17H2. The van der Waals surface area contributed by atoms with Crippen LogP contribution in [0.3, 0.4) is 0 Å². The van der Waals surface area contributed by atoms with Crippen LogP contribution in [0.5, 0.6) is 0 Å². The maximum absolute atomic E-state index is 13.4. The molecule has 1 heterocycles. The monoisotopic (exact) mass is 361 g/mol. The first-order valence-corrected chi connectivity index (χ1v) is 9.52. The van der Waals surface area contributed by atoms with Crippen molar-refractivity contribution in [1.82, 2.24) is 5.32 Å². The zero-order valence-electron chi connectivity index (χ0n) is 15.3. The van der Waals surface area contributed by atoms with Crippen molar-refractivity contribution in [1.29, 1.82) is 0 Å². The second-order valence-electron chi connectivity index (χ2n) is 7.00. The van der Waals surface area contributed by atoms with Gasteiger partial charge in [0.2, 0.25) is 0 Å². The molecule has 0 spiro atoms. The van der Waals surface area contributed by atoms with Gasteiger partial charge in [-0.05, 0) is 40.8 Å². The predicted molar refractivity (Wildman–Crippen MR) is 107 cm³/mol. The number of benzene rings is 3. The van der Waals surface area contributed by atoms with E-state index in [0.717, 1.165) is 37.2 Å². The van der Waals surface area contributed by atoms with Gasteiger partial charge in [0.25, 0.3) is 0 Å². The Kier molecular flexibility index (Phi) is 5.61. The van der Waals surface area contributed by atoms with Gasteiger partial charge in [0.15, 0.2) is 0 Å². The summed E-state index contributed by atoms with van der Waals surface area (Å²) in [7, 11) is 0. The minimum Gasteiger partial charge on any atom is -0.375 e. The molecule has 1 saturated heterocycles. The van der Waals surface area contributed by atoms with E-state index in [-0.39, 0.29) is 17.8 Å².